The van der Waals surface area contributed by atoms with Crippen molar-refractivity contribution >= 4 is 23.4 Å². The lowest BCUT2D eigenvalue weighted by Crippen LogP contribution is -2.13. The van der Waals surface area contributed by atoms with E-state index in [9.17, 15) is 4.79 Å². The Bertz CT molecular complexity index is 650. The van der Waals surface area contributed by atoms with Crippen molar-refractivity contribution in [1.82, 2.24) is 0 Å². The van der Waals surface area contributed by atoms with Crippen molar-refractivity contribution in [1.29, 1.82) is 0 Å². The van der Waals surface area contributed by atoms with Crippen molar-refractivity contribution in [2.75, 3.05) is 5.32 Å². The first-order chi connectivity index (χ1) is 11.8. The maximum absolute atomic E-state index is 12.3. The molecular weight excluding hydrogens is 314 g/mol. The third-order valence-electron chi connectivity index (χ3n) is 4.65. The Morgan fingerprint density at radius 2 is 1.71 bits per heavy atom. The normalized spacial score (nSPS) is 14.7. The highest BCUT2D eigenvalue weighted by Gasteiger charge is 2.16. The highest BCUT2D eigenvalue weighted by molar-refractivity contribution is 7.98. The molecule has 0 heterocycles. The quantitative estimate of drug-likeness (QED) is 0.637. The fourth-order valence-electron chi connectivity index (χ4n) is 3.28. The van der Waals surface area contributed by atoms with Gasteiger partial charge in [-0.25, -0.2) is 0 Å². The van der Waals surface area contributed by atoms with Crippen molar-refractivity contribution < 1.29 is 4.79 Å². The number of nitrogens with one attached hydrogen (secondary N) is 1. The van der Waals surface area contributed by atoms with Crippen LogP contribution in [0.4, 0.5) is 5.69 Å². The zero-order valence-electron chi connectivity index (χ0n) is 14.0. The van der Waals surface area contributed by atoms with Crippen LogP contribution in [-0.4, -0.2) is 5.91 Å². The molecule has 2 aromatic rings. The zero-order valence-corrected chi connectivity index (χ0v) is 14.9. The SMILES string of the molecule is O=C(CCC1CCCC1)Nc1ccccc1SCc1ccccc1. The van der Waals surface area contributed by atoms with E-state index in [-0.39, 0.29) is 5.91 Å². The molecule has 1 saturated carbocycles. The summed E-state index contributed by atoms with van der Waals surface area (Å²) in [5, 5.41) is 3.11. The zero-order chi connectivity index (χ0) is 16.6. The summed E-state index contributed by atoms with van der Waals surface area (Å²) in [4.78, 5) is 13.4. The molecule has 0 unspecified atom stereocenters. The van der Waals surface area contributed by atoms with Crippen LogP contribution in [0.15, 0.2) is 59.5 Å². The van der Waals surface area contributed by atoms with E-state index in [2.05, 4.69) is 35.6 Å². The summed E-state index contributed by atoms with van der Waals surface area (Å²) in [5.41, 5.74) is 2.24. The number of thioether (sulfide) groups is 1. The molecule has 0 spiro atoms. The lowest BCUT2D eigenvalue weighted by atomic mass is 10.0. The Labute approximate surface area is 149 Å². The average molecular weight is 340 g/mol. The van der Waals surface area contributed by atoms with Crippen molar-refractivity contribution in [3.05, 3.63) is 60.2 Å². The van der Waals surface area contributed by atoms with Gasteiger partial charge in [0.1, 0.15) is 0 Å². The number of para-hydroxylation sites is 1. The van der Waals surface area contributed by atoms with Crippen LogP contribution >= 0.6 is 11.8 Å². The van der Waals surface area contributed by atoms with Gasteiger partial charge in [0.2, 0.25) is 5.91 Å². The minimum absolute atomic E-state index is 0.148. The molecule has 1 fully saturated rings. The van der Waals surface area contributed by atoms with Gasteiger partial charge in [-0.3, -0.25) is 4.79 Å². The smallest absolute Gasteiger partial charge is 0.224 e. The molecule has 0 bridgehead atoms. The van der Waals surface area contributed by atoms with E-state index in [0.717, 1.165) is 28.7 Å². The van der Waals surface area contributed by atoms with E-state index in [1.807, 2.05) is 24.3 Å². The topological polar surface area (TPSA) is 29.1 Å². The molecule has 0 radical (unpaired) electrons. The van der Waals surface area contributed by atoms with Gasteiger partial charge in [0.25, 0.3) is 0 Å². The van der Waals surface area contributed by atoms with Crippen LogP contribution in [0.25, 0.3) is 0 Å². The highest BCUT2D eigenvalue weighted by atomic mass is 32.2. The largest absolute Gasteiger partial charge is 0.325 e. The van der Waals surface area contributed by atoms with Crippen LogP contribution in [0.1, 0.15) is 44.1 Å². The summed E-state index contributed by atoms with van der Waals surface area (Å²) < 4.78 is 0. The maximum atomic E-state index is 12.3. The van der Waals surface area contributed by atoms with Gasteiger partial charge in [-0.05, 0) is 30.0 Å². The summed E-state index contributed by atoms with van der Waals surface area (Å²) >= 11 is 1.77. The van der Waals surface area contributed by atoms with Crippen LogP contribution in [0, 0.1) is 5.92 Å². The summed E-state index contributed by atoms with van der Waals surface area (Å²) in [6.07, 6.45) is 6.96. The molecule has 1 N–H and O–H groups in total. The number of rotatable bonds is 7. The molecule has 0 atom stereocenters. The molecule has 0 saturated heterocycles. The molecule has 24 heavy (non-hydrogen) atoms. The minimum Gasteiger partial charge on any atom is -0.325 e. The van der Waals surface area contributed by atoms with Crippen LogP contribution in [0.2, 0.25) is 0 Å². The number of anilines is 1. The standard InChI is InChI=1S/C21H25NOS/c23-21(15-14-17-8-4-5-9-17)22-19-12-6-7-13-20(19)24-16-18-10-2-1-3-11-18/h1-3,6-7,10-13,17H,4-5,8-9,14-16H2,(H,22,23). The van der Waals surface area contributed by atoms with Crippen LogP contribution in [0.3, 0.4) is 0 Å². The molecular formula is C21H25NOS. The lowest BCUT2D eigenvalue weighted by molar-refractivity contribution is -0.116. The molecule has 2 aromatic carbocycles. The monoisotopic (exact) mass is 339 g/mol. The first kappa shape index (κ1) is 17.1. The van der Waals surface area contributed by atoms with E-state index in [0.29, 0.717) is 6.42 Å². The van der Waals surface area contributed by atoms with E-state index >= 15 is 0 Å². The predicted molar refractivity (Wildman–Crippen MR) is 102 cm³/mol. The third kappa shape index (κ3) is 5.13. The second kappa shape index (κ2) is 8.93. The molecule has 3 rings (SSSR count). The van der Waals surface area contributed by atoms with Crippen LogP contribution in [-0.2, 0) is 10.5 Å². The van der Waals surface area contributed by atoms with Crippen molar-refractivity contribution in [3.63, 3.8) is 0 Å². The summed E-state index contributed by atoms with van der Waals surface area (Å²) in [7, 11) is 0. The second-order valence-corrected chi connectivity index (χ2v) is 7.52. The van der Waals surface area contributed by atoms with Gasteiger partial charge in [-0.2, -0.15) is 0 Å². The van der Waals surface area contributed by atoms with Gasteiger partial charge in [0, 0.05) is 17.1 Å². The molecule has 126 valence electrons. The second-order valence-electron chi connectivity index (χ2n) is 6.51. The summed E-state index contributed by atoms with van der Waals surface area (Å²) in [6.45, 7) is 0. The first-order valence-corrected chi connectivity index (χ1v) is 9.85. The number of carbonyl (C=O) groups excluding carboxylic acids is 1. The Balaban J connectivity index is 1.54. The molecule has 2 nitrogen and oxygen atoms in total. The Morgan fingerprint density at radius 1 is 1.00 bits per heavy atom. The van der Waals surface area contributed by atoms with Crippen molar-refractivity contribution in [2.45, 2.75) is 49.2 Å². The molecule has 3 heteroatoms. The Morgan fingerprint density at radius 3 is 2.50 bits per heavy atom. The minimum atomic E-state index is 0.148. The summed E-state index contributed by atoms with van der Waals surface area (Å²) in [5.74, 6) is 1.82. The number of benzene rings is 2. The van der Waals surface area contributed by atoms with Crippen molar-refractivity contribution in [2.24, 2.45) is 5.92 Å². The van der Waals surface area contributed by atoms with Crippen molar-refractivity contribution in [3.8, 4) is 0 Å². The van der Waals surface area contributed by atoms with Gasteiger partial charge in [-0.15, -0.1) is 11.8 Å². The molecule has 1 amide bonds. The van der Waals surface area contributed by atoms with E-state index < -0.39 is 0 Å². The Kier molecular flexibility index (Phi) is 6.36. The van der Waals surface area contributed by atoms with Gasteiger partial charge in [0.15, 0.2) is 0 Å². The number of carbonyl (C=O) groups is 1. The fraction of sp³-hybridized carbons (Fsp3) is 0.381. The van der Waals surface area contributed by atoms with Crippen LogP contribution < -0.4 is 5.32 Å². The van der Waals surface area contributed by atoms with E-state index in [4.69, 9.17) is 0 Å². The number of hydrogen-bond donors (Lipinski definition) is 1. The molecule has 1 aliphatic carbocycles. The van der Waals surface area contributed by atoms with Gasteiger partial charge < -0.3 is 5.32 Å². The van der Waals surface area contributed by atoms with E-state index in [1.54, 1.807) is 11.8 Å². The lowest BCUT2D eigenvalue weighted by Gasteiger charge is -2.12. The number of amides is 1. The predicted octanol–water partition coefficient (Wildman–Crippen LogP) is 5.89. The average Bonchev–Trinajstić information content (AvgIpc) is 3.14. The maximum Gasteiger partial charge on any atom is 0.224 e. The summed E-state index contributed by atoms with van der Waals surface area (Å²) in [6, 6.07) is 18.5. The molecule has 1 aliphatic rings. The van der Waals surface area contributed by atoms with Gasteiger partial charge in [0.05, 0.1) is 5.69 Å². The molecule has 0 aliphatic heterocycles. The van der Waals surface area contributed by atoms with Gasteiger partial charge >= 0.3 is 0 Å². The fourth-order valence-corrected chi connectivity index (χ4v) is 4.24. The number of hydrogen-bond acceptors (Lipinski definition) is 2. The van der Waals surface area contributed by atoms with Crippen LogP contribution in [0.5, 0.6) is 0 Å². The highest BCUT2D eigenvalue weighted by Crippen LogP contribution is 2.31. The van der Waals surface area contributed by atoms with E-state index in [1.165, 1.54) is 31.2 Å². The third-order valence-corrected chi connectivity index (χ3v) is 5.80. The Hall–Kier alpha value is -1.74. The molecule has 0 aromatic heterocycles. The van der Waals surface area contributed by atoms with Gasteiger partial charge in [-0.1, -0.05) is 68.1 Å². The first-order valence-electron chi connectivity index (χ1n) is 8.87.